The number of hydrogen-bond acceptors (Lipinski definition) is 7. The first kappa shape index (κ1) is 51.0. The Bertz CT molecular complexity index is 1100. The van der Waals surface area contributed by atoms with E-state index < -0.39 is 32.5 Å². The number of esters is 2. The van der Waals surface area contributed by atoms with Crippen molar-refractivity contribution in [2.24, 2.45) is 0 Å². The fourth-order valence-electron chi connectivity index (χ4n) is 6.34. The van der Waals surface area contributed by atoms with E-state index in [1.807, 2.05) is 6.08 Å². The van der Waals surface area contributed by atoms with Gasteiger partial charge in [-0.25, -0.2) is 4.57 Å². The molecule has 3 atom stereocenters. The number of carbonyl (C=O) groups is 2. The SMILES string of the molecule is CCCCCCCC/C=C\CCCCCCCCCCCC(=O)OC[C@H](COP(=O)(O)O)OC(=O)CCC/C=C\C/C=C\C/C=C\CC1OC1CCCCC. The largest absolute Gasteiger partial charge is 0.469 e. The van der Waals surface area contributed by atoms with Gasteiger partial charge < -0.3 is 24.0 Å². The van der Waals surface area contributed by atoms with Crippen LogP contribution in [0.5, 0.6) is 0 Å². The van der Waals surface area contributed by atoms with Gasteiger partial charge in [0.25, 0.3) is 0 Å². The molecule has 0 aromatic heterocycles. The number of carbonyl (C=O) groups excluding carboxylic acids is 2. The van der Waals surface area contributed by atoms with Gasteiger partial charge in [0.15, 0.2) is 6.10 Å². The van der Waals surface area contributed by atoms with Gasteiger partial charge in [0.1, 0.15) is 6.61 Å². The maximum Gasteiger partial charge on any atom is 0.469 e. The first-order valence-electron chi connectivity index (χ1n) is 22.1. The van der Waals surface area contributed by atoms with Gasteiger partial charge >= 0.3 is 19.8 Å². The molecule has 1 saturated heterocycles. The highest BCUT2D eigenvalue weighted by atomic mass is 31.2. The van der Waals surface area contributed by atoms with Crippen molar-refractivity contribution in [3.05, 3.63) is 48.6 Å². The summed E-state index contributed by atoms with van der Waals surface area (Å²) in [5.74, 6) is -0.956. The van der Waals surface area contributed by atoms with Crippen LogP contribution in [0, 0.1) is 0 Å². The third-order valence-corrected chi connectivity index (χ3v) is 10.2. The minimum atomic E-state index is -4.77. The van der Waals surface area contributed by atoms with Gasteiger partial charge in [0, 0.05) is 12.8 Å². The van der Waals surface area contributed by atoms with Crippen LogP contribution in [-0.4, -0.2) is 53.3 Å². The number of epoxide rings is 1. The number of allylic oxidation sites excluding steroid dienone is 7. The molecule has 0 bridgehead atoms. The number of phosphoric ester groups is 1. The monoisotopic (exact) mass is 795 g/mol. The molecule has 1 heterocycles. The first-order valence-corrected chi connectivity index (χ1v) is 23.6. The van der Waals surface area contributed by atoms with Crippen molar-refractivity contribution < 1.29 is 42.7 Å². The van der Waals surface area contributed by atoms with Crippen molar-refractivity contribution in [3.63, 3.8) is 0 Å². The van der Waals surface area contributed by atoms with Gasteiger partial charge in [-0.05, 0) is 70.6 Å². The minimum Gasteiger partial charge on any atom is -0.462 e. The fourth-order valence-corrected chi connectivity index (χ4v) is 6.70. The quantitative estimate of drug-likeness (QED) is 0.0205. The van der Waals surface area contributed by atoms with E-state index in [0.29, 0.717) is 31.5 Å². The van der Waals surface area contributed by atoms with E-state index in [2.05, 4.69) is 60.9 Å². The van der Waals surface area contributed by atoms with Crippen molar-refractivity contribution in [2.45, 2.75) is 212 Å². The van der Waals surface area contributed by atoms with Crippen LogP contribution >= 0.6 is 7.82 Å². The number of hydrogen-bond donors (Lipinski definition) is 2. The number of phosphoric acid groups is 1. The summed E-state index contributed by atoms with van der Waals surface area (Å²) >= 11 is 0. The molecule has 9 nitrogen and oxygen atoms in total. The molecule has 55 heavy (non-hydrogen) atoms. The van der Waals surface area contributed by atoms with Crippen LogP contribution in [0.1, 0.15) is 194 Å². The number of rotatable bonds is 39. The van der Waals surface area contributed by atoms with E-state index in [0.717, 1.165) is 38.5 Å². The van der Waals surface area contributed by atoms with E-state index in [4.69, 9.17) is 24.0 Å². The Morgan fingerprint density at radius 3 is 1.69 bits per heavy atom. The molecule has 2 N–H and O–H groups in total. The van der Waals surface area contributed by atoms with Gasteiger partial charge in [0.2, 0.25) is 0 Å². The van der Waals surface area contributed by atoms with E-state index in [1.165, 1.54) is 109 Å². The summed E-state index contributed by atoms with van der Waals surface area (Å²) in [5, 5.41) is 0. The zero-order valence-electron chi connectivity index (χ0n) is 34.8. The molecule has 318 valence electrons. The molecule has 0 spiro atoms. The maximum atomic E-state index is 12.4. The molecular formula is C45H79O9P. The van der Waals surface area contributed by atoms with E-state index in [1.54, 1.807) is 0 Å². The second kappa shape index (κ2) is 36.3. The highest BCUT2D eigenvalue weighted by Gasteiger charge is 2.36. The van der Waals surface area contributed by atoms with Gasteiger partial charge in [-0.1, -0.05) is 159 Å². The molecule has 0 aromatic carbocycles. The smallest absolute Gasteiger partial charge is 0.462 e. The van der Waals surface area contributed by atoms with Crippen molar-refractivity contribution >= 4 is 19.8 Å². The summed E-state index contributed by atoms with van der Waals surface area (Å²) in [7, 11) is -4.77. The summed E-state index contributed by atoms with van der Waals surface area (Å²) in [5.41, 5.74) is 0. The molecule has 0 amide bonds. The molecule has 1 rings (SSSR count). The second-order valence-electron chi connectivity index (χ2n) is 15.1. The minimum absolute atomic E-state index is 0.131. The number of ether oxygens (including phenoxy) is 3. The molecule has 0 radical (unpaired) electrons. The molecular weight excluding hydrogens is 715 g/mol. The number of unbranched alkanes of at least 4 members (excludes halogenated alkanes) is 18. The van der Waals surface area contributed by atoms with Gasteiger partial charge in [-0.15, -0.1) is 0 Å². The summed E-state index contributed by atoms with van der Waals surface area (Å²) in [6, 6.07) is 0. The Hall–Kier alpha value is -2.03. The lowest BCUT2D eigenvalue weighted by molar-refractivity contribution is -0.161. The molecule has 1 aliphatic rings. The molecule has 1 aliphatic heterocycles. The zero-order valence-corrected chi connectivity index (χ0v) is 35.7. The van der Waals surface area contributed by atoms with Crippen LogP contribution in [0.2, 0.25) is 0 Å². The van der Waals surface area contributed by atoms with Crippen molar-refractivity contribution in [2.75, 3.05) is 13.2 Å². The highest BCUT2D eigenvalue weighted by molar-refractivity contribution is 7.46. The topological polar surface area (TPSA) is 132 Å². The predicted octanol–water partition coefficient (Wildman–Crippen LogP) is 12.5. The molecule has 10 heteroatoms. The van der Waals surface area contributed by atoms with Crippen LogP contribution < -0.4 is 0 Å². The van der Waals surface area contributed by atoms with E-state index >= 15 is 0 Å². The van der Waals surface area contributed by atoms with Crippen molar-refractivity contribution in [3.8, 4) is 0 Å². The summed E-state index contributed by atoms with van der Waals surface area (Å²) in [4.78, 5) is 42.9. The third kappa shape index (κ3) is 36.1. The molecule has 0 aliphatic carbocycles. The van der Waals surface area contributed by atoms with E-state index in [9.17, 15) is 14.2 Å². The molecule has 1 fully saturated rings. The summed E-state index contributed by atoms with van der Waals surface area (Å²) < 4.78 is 32.1. The van der Waals surface area contributed by atoms with Gasteiger partial charge in [-0.2, -0.15) is 0 Å². The zero-order chi connectivity index (χ0) is 40.1. The summed E-state index contributed by atoms with van der Waals surface area (Å²) in [6.07, 6.45) is 47.3. The lowest BCUT2D eigenvalue weighted by Gasteiger charge is -2.18. The first-order chi connectivity index (χ1) is 26.7. The van der Waals surface area contributed by atoms with E-state index in [-0.39, 0.29) is 19.4 Å². The fraction of sp³-hybridized carbons (Fsp3) is 0.778. The second-order valence-corrected chi connectivity index (χ2v) is 16.3. The van der Waals surface area contributed by atoms with Gasteiger partial charge in [-0.3, -0.25) is 14.1 Å². The van der Waals surface area contributed by atoms with Crippen LogP contribution in [0.4, 0.5) is 0 Å². The predicted molar refractivity (Wildman–Crippen MR) is 225 cm³/mol. The van der Waals surface area contributed by atoms with Crippen LogP contribution in [0.3, 0.4) is 0 Å². The Labute approximate surface area is 335 Å². The Morgan fingerprint density at radius 2 is 1.07 bits per heavy atom. The average molecular weight is 795 g/mol. The summed E-state index contributed by atoms with van der Waals surface area (Å²) in [6.45, 7) is 3.61. The molecule has 2 unspecified atom stereocenters. The standard InChI is InChI=1S/C45H79O9P/c1-3-5-7-8-9-10-11-12-13-14-15-16-17-18-19-23-26-29-33-37-44(46)51-39-41(40-52-55(48,49)50)53-45(47)38-34-30-27-24-21-20-22-25-28-32-36-43-42(54-43)35-31-6-4-2/h12-13,20,22,24,27-28,32,41-43H,3-11,14-19,21,23,25-26,29-31,33-40H2,1-2H3,(H2,48,49,50)/b13-12-,22-20-,27-24-,32-28-/t41-,42?,43?/m1/s1. The molecule has 0 saturated carbocycles. The van der Waals surface area contributed by atoms with Crippen LogP contribution in [0.15, 0.2) is 48.6 Å². The van der Waals surface area contributed by atoms with Gasteiger partial charge in [0.05, 0.1) is 18.8 Å². The lowest BCUT2D eigenvalue weighted by Crippen LogP contribution is -2.29. The Balaban J connectivity index is 2.07. The van der Waals surface area contributed by atoms with Crippen LogP contribution in [0.25, 0.3) is 0 Å². The Morgan fingerprint density at radius 1 is 0.582 bits per heavy atom. The maximum absolute atomic E-state index is 12.4. The Kier molecular flexibility index (Phi) is 33.7. The average Bonchev–Trinajstić information content (AvgIpc) is 3.91. The molecule has 0 aromatic rings. The lowest BCUT2D eigenvalue weighted by atomic mass is 10.1. The normalized spacial score (nSPS) is 16.6. The van der Waals surface area contributed by atoms with Crippen molar-refractivity contribution in [1.29, 1.82) is 0 Å². The van der Waals surface area contributed by atoms with Crippen LogP contribution in [-0.2, 0) is 32.9 Å². The third-order valence-electron chi connectivity index (χ3n) is 9.74. The van der Waals surface area contributed by atoms with Crippen molar-refractivity contribution in [1.82, 2.24) is 0 Å². The highest BCUT2D eigenvalue weighted by Crippen LogP contribution is 2.36.